The van der Waals surface area contributed by atoms with Crippen molar-refractivity contribution in [2.24, 2.45) is 0 Å². The highest BCUT2D eigenvalue weighted by Gasteiger charge is 2.08. The Labute approximate surface area is 107 Å². The van der Waals surface area contributed by atoms with Gasteiger partial charge in [-0.1, -0.05) is 6.07 Å². The number of nitrogens with two attached hydrogens (primary N) is 1. The predicted octanol–water partition coefficient (Wildman–Crippen LogP) is 2.75. The number of aromatic nitrogens is 2. The van der Waals surface area contributed by atoms with E-state index in [-0.39, 0.29) is 0 Å². The molecular formula is C14H18N4. The molecule has 18 heavy (non-hydrogen) atoms. The lowest BCUT2D eigenvalue weighted by Crippen LogP contribution is -2.13. The van der Waals surface area contributed by atoms with Crippen LogP contribution in [0.3, 0.4) is 0 Å². The van der Waals surface area contributed by atoms with Crippen molar-refractivity contribution >= 4 is 17.3 Å². The number of hydrogen-bond donors (Lipinski definition) is 1. The molecule has 1 aromatic heterocycles. The standard InChI is InChI=1S/C14H18N4/c1-9-5-10(2)7-12(6-9)18(4)14-8-13(15)16-11(3)17-14/h5-8H,1-4H3,(H2,15,16,17). The second kappa shape index (κ2) is 4.64. The van der Waals surface area contributed by atoms with Gasteiger partial charge in [0, 0.05) is 18.8 Å². The van der Waals surface area contributed by atoms with Gasteiger partial charge < -0.3 is 10.6 Å². The largest absolute Gasteiger partial charge is 0.384 e. The molecule has 2 N–H and O–H groups in total. The first-order valence-corrected chi connectivity index (χ1v) is 5.89. The average Bonchev–Trinajstić information content (AvgIpc) is 2.25. The molecule has 0 fully saturated rings. The van der Waals surface area contributed by atoms with Crippen LogP contribution in [0.2, 0.25) is 0 Å². The molecule has 2 aromatic rings. The Balaban J connectivity index is 2.43. The Hall–Kier alpha value is -2.10. The number of hydrogen-bond acceptors (Lipinski definition) is 4. The van der Waals surface area contributed by atoms with Crippen LogP contribution >= 0.6 is 0 Å². The molecule has 4 heteroatoms. The molecule has 0 aliphatic rings. The summed E-state index contributed by atoms with van der Waals surface area (Å²) in [7, 11) is 1.98. The molecule has 1 aromatic carbocycles. The molecule has 0 aliphatic carbocycles. The summed E-state index contributed by atoms with van der Waals surface area (Å²) in [6.45, 7) is 6.02. The van der Waals surface area contributed by atoms with E-state index in [0.29, 0.717) is 11.6 Å². The molecule has 0 amide bonds. The van der Waals surface area contributed by atoms with Crippen LogP contribution in [0.4, 0.5) is 17.3 Å². The Morgan fingerprint density at radius 3 is 2.11 bits per heavy atom. The van der Waals surface area contributed by atoms with Gasteiger partial charge in [0.25, 0.3) is 0 Å². The third-order valence-electron chi connectivity index (χ3n) is 2.78. The van der Waals surface area contributed by atoms with Crippen LogP contribution in [-0.4, -0.2) is 17.0 Å². The van der Waals surface area contributed by atoms with E-state index in [0.717, 1.165) is 11.5 Å². The molecule has 0 spiro atoms. The minimum absolute atomic E-state index is 0.494. The lowest BCUT2D eigenvalue weighted by molar-refractivity contribution is 1.02. The highest BCUT2D eigenvalue weighted by Crippen LogP contribution is 2.24. The number of rotatable bonds is 2. The maximum absolute atomic E-state index is 5.76. The van der Waals surface area contributed by atoms with Gasteiger partial charge in [-0.3, -0.25) is 0 Å². The van der Waals surface area contributed by atoms with Crippen molar-refractivity contribution < 1.29 is 0 Å². The van der Waals surface area contributed by atoms with Crippen molar-refractivity contribution in [3.8, 4) is 0 Å². The molecule has 0 aliphatic heterocycles. The van der Waals surface area contributed by atoms with Crippen LogP contribution in [0.1, 0.15) is 17.0 Å². The number of nitrogen functional groups attached to an aromatic ring is 1. The summed E-state index contributed by atoms with van der Waals surface area (Å²) in [5.74, 6) is 1.99. The fourth-order valence-corrected chi connectivity index (χ4v) is 2.02. The van der Waals surface area contributed by atoms with Gasteiger partial charge in [-0.05, 0) is 44.0 Å². The summed E-state index contributed by atoms with van der Waals surface area (Å²) >= 11 is 0. The predicted molar refractivity (Wildman–Crippen MR) is 75.2 cm³/mol. The molecule has 1 heterocycles. The lowest BCUT2D eigenvalue weighted by atomic mass is 10.1. The molecule has 0 radical (unpaired) electrons. The Morgan fingerprint density at radius 1 is 0.944 bits per heavy atom. The summed E-state index contributed by atoms with van der Waals surface area (Å²) in [5, 5.41) is 0. The molecule has 0 saturated carbocycles. The van der Waals surface area contributed by atoms with E-state index < -0.39 is 0 Å². The van der Waals surface area contributed by atoms with Gasteiger partial charge in [-0.25, -0.2) is 9.97 Å². The molecule has 2 rings (SSSR count). The second-order valence-electron chi connectivity index (χ2n) is 4.60. The molecule has 0 atom stereocenters. The summed E-state index contributed by atoms with van der Waals surface area (Å²) in [6.07, 6.45) is 0. The van der Waals surface area contributed by atoms with Gasteiger partial charge in [0.05, 0.1) is 0 Å². The van der Waals surface area contributed by atoms with E-state index in [1.54, 1.807) is 6.07 Å². The zero-order valence-electron chi connectivity index (χ0n) is 11.2. The molecule has 0 bridgehead atoms. The zero-order chi connectivity index (χ0) is 13.3. The fourth-order valence-electron chi connectivity index (χ4n) is 2.02. The van der Waals surface area contributed by atoms with Crippen LogP contribution < -0.4 is 10.6 Å². The maximum atomic E-state index is 5.76. The van der Waals surface area contributed by atoms with E-state index in [1.165, 1.54) is 11.1 Å². The summed E-state index contributed by atoms with van der Waals surface area (Å²) in [4.78, 5) is 10.5. The Kier molecular flexibility index (Phi) is 3.19. The number of nitrogens with zero attached hydrogens (tertiary/aromatic N) is 3. The van der Waals surface area contributed by atoms with Crippen molar-refractivity contribution in [3.63, 3.8) is 0 Å². The van der Waals surface area contributed by atoms with Crippen LogP contribution in [-0.2, 0) is 0 Å². The highest BCUT2D eigenvalue weighted by molar-refractivity contribution is 5.62. The maximum Gasteiger partial charge on any atom is 0.138 e. The third kappa shape index (κ3) is 2.59. The Morgan fingerprint density at radius 2 is 1.56 bits per heavy atom. The first-order valence-electron chi connectivity index (χ1n) is 5.89. The van der Waals surface area contributed by atoms with E-state index >= 15 is 0 Å². The van der Waals surface area contributed by atoms with Gasteiger partial charge in [0.15, 0.2) is 0 Å². The van der Waals surface area contributed by atoms with Crippen molar-refractivity contribution in [1.29, 1.82) is 0 Å². The summed E-state index contributed by atoms with van der Waals surface area (Å²) < 4.78 is 0. The van der Waals surface area contributed by atoms with Crippen LogP contribution in [0.15, 0.2) is 24.3 Å². The minimum atomic E-state index is 0.494. The Bertz CT molecular complexity index is 486. The van der Waals surface area contributed by atoms with Crippen molar-refractivity contribution in [2.45, 2.75) is 20.8 Å². The number of benzene rings is 1. The fraction of sp³-hybridized carbons (Fsp3) is 0.286. The first kappa shape index (κ1) is 12.4. The second-order valence-corrected chi connectivity index (χ2v) is 4.60. The highest BCUT2D eigenvalue weighted by atomic mass is 15.2. The van der Waals surface area contributed by atoms with Gasteiger partial charge in [-0.15, -0.1) is 0 Å². The van der Waals surface area contributed by atoms with Gasteiger partial charge in [0.2, 0.25) is 0 Å². The smallest absolute Gasteiger partial charge is 0.138 e. The molecular weight excluding hydrogens is 224 g/mol. The van der Waals surface area contributed by atoms with Gasteiger partial charge >= 0.3 is 0 Å². The quantitative estimate of drug-likeness (QED) is 0.879. The van der Waals surface area contributed by atoms with Crippen LogP contribution in [0.25, 0.3) is 0 Å². The minimum Gasteiger partial charge on any atom is -0.384 e. The average molecular weight is 242 g/mol. The van der Waals surface area contributed by atoms with Crippen LogP contribution in [0.5, 0.6) is 0 Å². The molecule has 0 unspecified atom stereocenters. The van der Waals surface area contributed by atoms with Gasteiger partial charge in [0.1, 0.15) is 17.5 Å². The van der Waals surface area contributed by atoms with E-state index in [9.17, 15) is 0 Å². The molecule has 0 saturated heterocycles. The van der Waals surface area contributed by atoms with Crippen molar-refractivity contribution in [2.75, 3.05) is 17.7 Å². The molecule has 94 valence electrons. The SMILES string of the molecule is Cc1cc(C)cc(N(C)c2cc(N)nc(C)n2)c1. The number of anilines is 3. The normalized spacial score (nSPS) is 10.4. The topological polar surface area (TPSA) is 55.0 Å². The van der Waals surface area contributed by atoms with E-state index in [2.05, 4.69) is 42.0 Å². The third-order valence-corrected chi connectivity index (χ3v) is 2.78. The van der Waals surface area contributed by atoms with E-state index in [4.69, 9.17) is 5.73 Å². The van der Waals surface area contributed by atoms with E-state index in [1.807, 2.05) is 18.9 Å². The summed E-state index contributed by atoms with van der Waals surface area (Å²) in [6, 6.07) is 8.18. The number of aryl methyl sites for hydroxylation is 3. The lowest BCUT2D eigenvalue weighted by Gasteiger charge is -2.20. The van der Waals surface area contributed by atoms with Crippen molar-refractivity contribution in [1.82, 2.24) is 9.97 Å². The zero-order valence-corrected chi connectivity index (χ0v) is 11.2. The monoisotopic (exact) mass is 242 g/mol. The van der Waals surface area contributed by atoms with Gasteiger partial charge in [-0.2, -0.15) is 0 Å². The summed E-state index contributed by atoms with van der Waals surface area (Å²) in [5.41, 5.74) is 9.32. The first-order chi connectivity index (χ1) is 8.45. The van der Waals surface area contributed by atoms with Crippen LogP contribution in [0, 0.1) is 20.8 Å². The molecule has 4 nitrogen and oxygen atoms in total. The van der Waals surface area contributed by atoms with Crippen molar-refractivity contribution in [3.05, 3.63) is 41.2 Å².